The Morgan fingerprint density at radius 3 is 2.38 bits per heavy atom. The fourth-order valence-electron chi connectivity index (χ4n) is 0.952. The van der Waals surface area contributed by atoms with Gasteiger partial charge in [-0.05, 0) is 6.42 Å². The third-order valence-corrected chi connectivity index (χ3v) is 1.70. The number of hydrogen-bond donors (Lipinski definition) is 2. The fraction of sp³-hybridized carbons (Fsp3) is 0.857. The van der Waals surface area contributed by atoms with Crippen molar-refractivity contribution in [2.24, 2.45) is 11.8 Å². The molecule has 0 aliphatic rings. The number of nitrogens with two attached hydrogens (primary N) is 1. The van der Waals surface area contributed by atoms with Crippen molar-refractivity contribution < 1.29 is 18.0 Å². The van der Waals surface area contributed by atoms with Crippen molar-refractivity contribution in [1.82, 2.24) is 5.43 Å². The van der Waals surface area contributed by atoms with Crippen LogP contribution in [-0.4, -0.2) is 12.1 Å². The van der Waals surface area contributed by atoms with E-state index in [0.717, 1.165) is 0 Å². The van der Waals surface area contributed by atoms with Crippen molar-refractivity contribution in [1.29, 1.82) is 0 Å². The first-order valence-corrected chi connectivity index (χ1v) is 4.00. The van der Waals surface area contributed by atoms with Crippen LogP contribution >= 0.6 is 0 Å². The van der Waals surface area contributed by atoms with E-state index in [1.165, 1.54) is 5.43 Å². The van der Waals surface area contributed by atoms with Gasteiger partial charge in [0.1, 0.15) is 5.92 Å². The fourth-order valence-corrected chi connectivity index (χ4v) is 0.952. The van der Waals surface area contributed by atoms with Crippen LogP contribution in [0.3, 0.4) is 0 Å². The van der Waals surface area contributed by atoms with Crippen LogP contribution in [0, 0.1) is 5.92 Å². The highest BCUT2D eigenvalue weighted by atomic mass is 19.4. The molecule has 0 spiro atoms. The number of alkyl halides is 3. The Bertz CT molecular complexity index is 170. The van der Waals surface area contributed by atoms with E-state index in [0.29, 0.717) is 12.8 Å². The minimum Gasteiger partial charge on any atom is -0.294 e. The predicted octanol–water partition coefficient (Wildman–Crippen LogP) is 1.34. The lowest BCUT2D eigenvalue weighted by Crippen LogP contribution is -2.42. The minimum atomic E-state index is -4.50. The molecule has 6 heteroatoms. The monoisotopic (exact) mass is 198 g/mol. The second-order valence-corrected chi connectivity index (χ2v) is 2.75. The summed E-state index contributed by atoms with van der Waals surface area (Å²) in [6, 6.07) is 0. The van der Waals surface area contributed by atoms with Crippen LogP contribution in [0.2, 0.25) is 0 Å². The zero-order valence-electron chi connectivity index (χ0n) is 7.32. The van der Waals surface area contributed by atoms with Gasteiger partial charge in [0.05, 0.1) is 0 Å². The molecule has 78 valence electrons. The van der Waals surface area contributed by atoms with Gasteiger partial charge in [0.25, 0.3) is 0 Å². The molecule has 0 rings (SSSR count). The van der Waals surface area contributed by atoms with Gasteiger partial charge in [-0.2, -0.15) is 13.2 Å². The molecule has 3 nitrogen and oxygen atoms in total. The van der Waals surface area contributed by atoms with E-state index in [-0.39, 0.29) is 6.42 Å². The maximum absolute atomic E-state index is 12.2. The lowest BCUT2D eigenvalue weighted by molar-refractivity contribution is -0.184. The van der Waals surface area contributed by atoms with Crippen LogP contribution in [0.1, 0.15) is 26.2 Å². The summed E-state index contributed by atoms with van der Waals surface area (Å²) in [5.74, 6) is 1.50. The lowest BCUT2D eigenvalue weighted by Gasteiger charge is -2.17. The van der Waals surface area contributed by atoms with Crippen molar-refractivity contribution in [3.63, 3.8) is 0 Å². The summed E-state index contributed by atoms with van der Waals surface area (Å²) in [5.41, 5.74) is 1.52. The first-order chi connectivity index (χ1) is 5.93. The van der Waals surface area contributed by atoms with Crippen LogP contribution in [0.5, 0.6) is 0 Å². The number of unbranched alkanes of at least 4 members (excludes halogenated alkanes) is 1. The highest BCUT2D eigenvalue weighted by Gasteiger charge is 2.43. The average molecular weight is 198 g/mol. The molecule has 0 saturated heterocycles. The molecule has 1 amide bonds. The third-order valence-electron chi connectivity index (χ3n) is 1.70. The van der Waals surface area contributed by atoms with Crippen LogP contribution < -0.4 is 11.3 Å². The molecule has 0 saturated carbocycles. The Hall–Kier alpha value is -0.780. The normalized spacial score (nSPS) is 13.9. The molecule has 0 aromatic rings. The standard InChI is InChI=1S/C7H13F3N2O/c1-2-3-4-5(6(13)12-11)7(8,9)10/h5H,2-4,11H2,1H3,(H,12,13). The molecule has 0 aliphatic carbocycles. The molecule has 0 heterocycles. The largest absolute Gasteiger partial charge is 0.400 e. The van der Waals surface area contributed by atoms with Crippen molar-refractivity contribution in [2.45, 2.75) is 32.4 Å². The van der Waals surface area contributed by atoms with Crippen molar-refractivity contribution in [3.8, 4) is 0 Å². The molecule has 0 aromatic carbocycles. The maximum atomic E-state index is 12.2. The second kappa shape index (κ2) is 5.06. The van der Waals surface area contributed by atoms with E-state index < -0.39 is 18.0 Å². The van der Waals surface area contributed by atoms with Gasteiger partial charge in [-0.1, -0.05) is 19.8 Å². The van der Waals surface area contributed by atoms with Crippen molar-refractivity contribution in [3.05, 3.63) is 0 Å². The molecule has 1 unspecified atom stereocenters. The minimum absolute atomic E-state index is 0.205. The Morgan fingerprint density at radius 2 is 2.08 bits per heavy atom. The smallest absolute Gasteiger partial charge is 0.294 e. The van der Waals surface area contributed by atoms with Gasteiger partial charge < -0.3 is 0 Å². The van der Waals surface area contributed by atoms with Crippen molar-refractivity contribution >= 4 is 5.91 Å². The number of carbonyl (C=O) groups is 1. The van der Waals surface area contributed by atoms with Gasteiger partial charge in [0, 0.05) is 0 Å². The van der Waals surface area contributed by atoms with E-state index >= 15 is 0 Å². The van der Waals surface area contributed by atoms with Gasteiger partial charge in [-0.15, -0.1) is 0 Å². The highest BCUT2D eigenvalue weighted by Crippen LogP contribution is 2.30. The predicted molar refractivity (Wildman–Crippen MR) is 41.4 cm³/mol. The van der Waals surface area contributed by atoms with E-state index in [4.69, 9.17) is 0 Å². The van der Waals surface area contributed by atoms with Crippen molar-refractivity contribution in [2.75, 3.05) is 0 Å². The number of hydrogen-bond acceptors (Lipinski definition) is 2. The molecule has 0 bridgehead atoms. The Kier molecular flexibility index (Phi) is 4.76. The van der Waals surface area contributed by atoms with Gasteiger partial charge in [0.2, 0.25) is 5.91 Å². The summed E-state index contributed by atoms with van der Waals surface area (Å²) < 4.78 is 36.5. The summed E-state index contributed by atoms with van der Waals surface area (Å²) in [5, 5.41) is 0. The number of nitrogens with one attached hydrogen (secondary N) is 1. The lowest BCUT2D eigenvalue weighted by atomic mass is 10.0. The van der Waals surface area contributed by atoms with Gasteiger partial charge in [-0.25, -0.2) is 5.84 Å². The molecule has 0 aromatic heterocycles. The van der Waals surface area contributed by atoms with E-state index in [1.807, 2.05) is 0 Å². The Morgan fingerprint density at radius 1 is 1.54 bits per heavy atom. The Labute approximate surface area is 74.4 Å². The Balaban J connectivity index is 4.28. The SMILES string of the molecule is CCCCC(C(=O)NN)C(F)(F)F. The molecule has 1 atom stereocenters. The van der Waals surface area contributed by atoms with Gasteiger partial charge >= 0.3 is 6.18 Å². The third kappa shape index (κ3) is 4.12. The average Bonchev–Trinajstić information content (AvgIpc) is 2.02. The van der Waals surface area contributed by atoms with Crippen LogP contribution in [0.25, 0.3) is 0 Å². The molecular formula is C7H13F3N2O. The zero-order chi connectivity index (χ0) is 10.5. The second-order valence-electron chi connectivity index (χ2n) is 2.75. The quantitative estimate of drug-likeness (QED) is 0.407. The molecule has 13 heavy (non-hydrogen) atoms. The first kappa shape index (κ1) is 12.2. The topological polar surface area (TPSA) is 55.1 Å². The number of hydrazine groups is 1. The van der Waals surface area contributed by atoms with Crippen LogP contribution in [0.4, 0.5) is 13.2 Å². The van der Waals surface area contributed by atoms with Crippen LogP contribution in [-0.2, 0) is 4.79 Å². The highest BCUT2D eigenvalue weighted by molar-refractivity contribution is 5.78. The van der Waals surface area contributed by atoms with Gasteiger partial charge in [0.15, 0.2) is 0 Å². The summed E-state index contributed by atoms with van der Waals surface area (Å²) in [6.45, 7) is 1.76. The molecule has 3 N–H and O–H groups in total. The molecular weight excluding hydrogens is 185 g/mol. The summed E-state index contributed by atoms with van der Waals surface area (Å²) >= 11 is 0. The number of carbonyl (C=O) groups excluding carboxylic acids is 1. The zero-order valence-corrected chi connectivity index (χ0v) is 7.32. The number of halogens is 3. The van der Waals surface area contributed by atoms with E-state index in [9.17, 15) is 18.0 Å². The maximum Gasteiger partial charge on any atom is 0.400 e. The number of rotatable bonds is 4. The molecule has 0 fully saturated rings. The van der Waals surface area contributed by atoms with Gasteiger partial charge in [-0.3, -0.25) is 10.2 Å². The summed E-state index contributed by atoms with van der Waals surface area (Å²) in [7, 11) is 0. The number of amides is 1. The van der Waals surface area contributed by atoms with Crippen LogP contribution in [0.15, 0.2) is 0 Å². The first-order valence-electron chi connectivity index (χ1n) is 4.00. The van der Waals surface area contributed by atoms with E-state index in [1.54, 1.807) is 6.92 Å². The summed E-state index contributed by atoms with van der Waals surface area (Å²) in [6.07, 6.45) is -3.73. The van der Waals surface area contributed by atoms with E-state index in [2.05, 4.69) is 5.84 Å². The summed E-state index contributed by atoms with van der Waals surface area (Å²) in [4.78, 5) is 10.7. The molecule has 0 aliphatic heterocycles. The molecule has 0 radical (unpaired) electrons.